The predicted molar refractivity (Wildman–Crippen MR) is 181 cm³/mol. The Morgan fingerprint density at radius 3 is 2.48 bits per heavy atom. The van der Waals surface area contributed by atoms with Gasteiger partial charge < -0.3 is 19.3 Å². The van der Waals surface area contributed by atoms with Gasteiger partial charge >= 0.3 is 0 Å². The number of aliphatic imine (C=N–C) groups is 1. The third-order valence-electron chi connectivity index (χ3n) is 7.59. The summed E-state index contributed by atoms with van der Waals surface area (Å²) in [5.74, 6) is 1.40. The second-order valence-corrected chi connectivity index (χ2v) is 11.6. The Kier molecular flexibility index (Phi) is 11.5. The van der Waals surface area contributed by atoms with Crippen LogP contribution in [0.5, 0.6) is 11.5 Å². The number of rotatable bonds is 15. The number of aliphatic hydroxyl groups is 1. The lowest BCUT2D eigenvalue weighted by atomic mass is 9.82. The summed E-state index contributed by atoms with van der Waals surface area (Å²) in [6.45, 7) is 3.43. The molecule has 4 aromatic rings. The van der Waals surface area contributed by atoms with E-state index >= 15 is 0 Å². The van der Waals surface area contributed by atoms with E-state index in [1.54, 1.807) is 18.2 Å². The van der Waals surface area contributed by atoms with Crippen LogP contribution in [-0.4, -0.2) is 48.8 Å². The van der Waals surface area contributed by atoms with Crippen LogP contribution in [0.1, 0.15) is 41.7 Å². The van der Waals surface area contributed by atoms with Crippen molar-refractivity contribution in [1.29, 1.82) is 0 Å². The molecule has 8 nitrogen and oxygen atoms in total. The second-order valence-electron chi connectivity index (χ2n) is 10.8. The molecule has 0 saturated heterocycles. The Balaban J connectivity index is 1.47. The standard InChI is InChI=1S/C36H37Cl2N3O5/c1-2-44-32-12-7-6-11-26(32)19-20-39-41-35(43)36(24-25-9-4-3-5-10-25)33(30-18-15-28(37)23-31(30)38)46-34(40-36)27-13-16-29(17-14-27)45-22-8-21-42/h3-7,9-18,23,33,39,42H,2,8,19-22,24H2,1H3,(H,41,43)/t33-,36-/m0/s1. The molecule has 0 bridgehead atoms. The third kappa shape index (κ3) is 8.00. The van der Waals surface area contributed by atoms with Crippen LogP contribution in [0.4, 0.5) is 0 Å². The first kappa shape index (κ1) is 33.3. The molecule has 2 atom stereocenters. The summed E-state index contributed by atoms with van der Waals surface area (Å²) >= 11 is 13.0. The minimum absolute atomic E-state index is 0.0539. The topological polar surface area (TPSA) is 101 Å². The number of aliphatic hydroxyl groups excluding tert-OH is 1. The van der Waals surface area contributed by atoms with E-state index in [1.165, 1.54) is 0 Å². The Bertz CT molecular complexity index is 1630. The van der Waals surface area contributed by atoms with Crippen LogP contribution in [0.3, 0.4) is 0 Å². The number of halogens is 2. The molecule has 5 rings (SSSR count). The zero-order valence-corrected chi connectivity index (χ0v) is 27.1. The van der Waals surface area contributed by atoms with Gasteiger partial charge in [0, 0.05) is 47.2 Å². The van der Waals surface area contributed by atoms with Crippen molar-refractivity contribution in [2.45, 2.75) is 37.8 Å². The molecule has 0 radical (unpaired) electrons. The summed E-state index contributed by atoms with van der Waals surface area (Å²) in [6.07, 6.45) is 0.537. The summed E-state index contributed by atoms with van der Waals surface area (Å²) in [4.78, 5) is 19.4. The van der Waals surface area contributed by atoms with E-state index in [9.17, 15) is 4.79 Å². The van der Waals surface area contributed by atoms with Crippen molar-refractivity contribution in [1.82, 2.24) is 10.9 Å². The van der Waals surface area contributed by atoms with Gasteiger partial charge in [0.25, 0.3) is 5.91 Å². The highest BCUT2D eigenvalue weighted by molar-refractivity contribution is 6.35. The highest BCUT2D eigenvalue weighted by Crippen LogP contribution is 2.45. The van der Waals surface area contributed by atoms with Gasteiger partial charge in [-0.3, -0.25) is 10.2 Å². The van der Waals surface area contributed by atoms with Gasteiger partial charge in [0.1, 0.15) is 11.5 Å². The van der Waals surface area contributed by atoms with Gasteiger partial charge in [0.15, 0.2) is 11.6 Å². The maximum atomic E-state index is 14.4. The summed E-state index contributed by atoms with van der Waals surface area (Å²) < 4.78 is 18.0. The fourth-order valence-corrected chi connectivity index (χ4v) is 5.84. The number of nitrogens with zero attached hydrogens (tertiary/aromatic N) is 1. The molecule has 0 unspecified atom stereocenters. The minimum Gasteiger partial charge on any atom is -0.494 e. The lowest BCUT2D eigenvalue weighted by Crippen LogP contribution is -2.54. The first-order valence-electron chi connectivity index (χ1n) is 15.3. The highest BCUT2D eigenvalue weighted by Gasteiger charge is 2.54. The number of ether oxygens (including phenoxy) is 3. The number of nitrogens with one attached hydrogen (secondary N) is 2. The van der Waals surface area contributed by atoms with Crippen molar-refractivity contribution in [3.63, 3.8) is 0 Å². The second kappa shape index (κ2) is 16.0. The molecular formula is C36H37Cl2N3O5. The van der Waals surface area contributed by atoms with E-state index in [2.05, 4.69) is 10.9 Å². The number of para-hydroxylation sites is 1. The Labute approximate surface area is 279 Å². The van der Waals surface area contributed by atoms with Crippen molar-refractivity contribution in [3.05, 3.63) is 129 Å². The van der Waals surface area contributed by atoms with E-state index < -0.39 is 11.6 Å². The fraction of sp³-hybridized carbons (Fsp3) is 0.278. The van der Waals surface area contributed by atoms with E-state index in [1.807, 2.05) is 85.8 Å². The van der Waals surface area contributed by atoms with Gasteiger partial charge in [0.05, 0.1) is 13.2 Å². The normalized spacial score (nSPS) is 17.2. The van der Waals surface area contributed by atoms with E-state index in [-0.39, 0.29) is 18.9 Å². The van der Waals surface area contributed by atoms with Crippen molar-refractivity contribution in [2.24, 2.45) is 4.99 Å². The largest absolute Gasteiger partial charge is 0.494 e. The lowest BCUT2D eigenvalue weighted by Gasteiger charge is -2.31. The molecule has 0 spiro atoms. The van der Waals surface area contributed by atoms with Gasteiger partial charge in [-0.15, -0.1) is 0 Å². The van der Waals surface area contributed by atoms with Crippen LogP contribution in [-0.2, 0) is 22.4 Å². The summed E-state index contributed by atoms with van der Waals surface area (Å²) in [6, 6.07) is 30.0. The van der Waals surface area contributed by atoms with Crippen LogP contribution in [0, 0.1) is 0 Å². The first-order valence-corrected chi connectivity index (χ1v) is 16.0. The quantitative estimate of drug-likeness (QED) is 0.0991. The van der Waals surface area contributed by atoms with Gasteiger partial charge in [0.2, 0.25) is 5.90 Å². The number of carbonyl (C=O) groups is 1. The van der Waals surface area contributed by atoms with Crippen LogP contribution in [0.2, 0.25) is 10.0 Å². The van der Waals surface area contributed by atoms with Crippen molar-refractivity contribution in [2.75, 3.05) is 26.4 Å². The molecule has 240 valence electrons. The Morgan fingerprint density at radius 1 is 0.978 bits per heavy atom. The maximum absolute atomic E-state index is 14.4. The van der Waals surface area contributed by atoms with Crippen LogP contribution >= 0.6 is 23.2 Å². The molecule has 46 heavy (non-hydrogen) atoms. The molecule has 4 aromatic carbocycles. The van der Waals surface area contributed by atoms with Gasteiger partial charge in [-0.25, -0.2) is 10.4 Å². The molecule has 10 heteroatoms. The Hall–Kier alpha value is -4.08. The zero-order chi connectivity index (χ0) is 32.4. The number of benzene rings is 4. The van der Waals surface area contributed by atoms with Gasteiger partial charge in [-0.05, 0) is 66.9 Å². The predicted octanol–water partition coefficient (Wildman–Crippen LogP) is 6.52. The molecule has 1 aliphatic heterocycles. The highest BCUT2D eigenvalue weighted by atomic mass is 35.5. The van der Waals surface area contributed by atoms with Crippen molar-refractivity contribution < 1.29 is 24.1 Å². The smallest absolute Gasteiger partial charge is 0.266 e. The Morgan fingerprint density at radius 2 is 1.74 bits per heavy atom. The number of carbonyl (C=O) groups excluding carboxylic acids is 1. The van der Waals surface area contributed by atoms with Crippen LogP contribution < -0.4 is 20.3 Å². The van der Waals surface area contributed by atoms with Crippen LogP contribution in [0.25, 0.3) is 0 Å². The van der Waals surface area contributed by atoms with E-state index in [0.29, 0.717) is 65.4 Å². The first-order chi connectivity index (χ1) is 22.4. The summed E-state index contributed by atoms with van der Waals surface area (Å²) in [5.41, 5.74) is 7.79. The summed E-state index contributed by atoms with van der Waals surface area (Å²) in [5, 5.41) is 9.90. The number of amides is 1. The average molecular weight is 663 g/mol. The number of hydrogen-bond acceptors (Lipinski definition) is 7. The molecule has 0 saturated carbocycles. The van der Waals surface area contributed by atoms with E-state index in [4.69, 9.17) is 47.5 Å². The molecule has 0 fully saturated rings. The maximum Gasteiger partial charge on any atom is 0.266 e. The van der Waals surface area contributed by atoms with Crippen LogP contribution in [0.15, 0.2) is 102 Å². The fourth-order valence-electron chi connectivity index (χ4n) is 5.34. The van der Waals surface area contributed by atoms with Crippen molar-refractivity contribution in [3.8, 4) is 11.5 Å². The van der Waals surface area contributed by atoms with Crippen molar-refractivity contribution >= 4 is 35.0 Å². The molecule has 3 N–H and O–H groups in total. The molecular weight excluding hydrogens is 625 g/mol. The molecule has 1 heterocycles. The zero-order valence-electron chi connectivity index (χ0n) is 25.5. The average Bonchev–Trinajstić information content (AvgIpc) is 3.44. The number of hydrogen-bond donors (Lipinski definition) is 3. The third-order valence-corrected chi connectivity index (χ3v) is 8.15. The monoisotopic (exact) mass is 661 g/mol. The minimum atomic E-state index is -1.43. The molecule has 1 amide bonds. The van der Waals surface area contributed by atoms with Gasteiger partial charge in [-0.2, -0.15) is 0 Å². The SMILES string of the molecule is CCOc1ccccc1CCNNC(=O)[C@@]1(Cc2ccccc2)N=C(c2ccc(OCCCO)cc2)O[C@H]1c1ccc(Cl)cc1Cl. The molecule has 0 aromatic heterocycles. The molecule has 1 aliphatic rings. The van der Waals surface area contributed by atoms with Gasteiger partial charge in [-0.1, -0.05) is 77.8 Å². The lowest BCUT2D eigenvalue weighted by molar-refractivity contribution is -0.130. The van der Waals surface area contributed by atoms with E-state index in [0.717, 1.165) is 16.9 Å². The number of hydrazine groups is 1. The molecule has 0 aliphatic carbocycles. The summed E-state index contributed by atoms with van der Waals surface area (Å²) in [7, 11) is 0.